The molecule has 3 atom stereocenters. The minimum absolute atomic E-state index is 0.346. The lowest BCUT2D eigenvalue weighted by atomic mass is 9.93. The van der Waals surface area contributed by atoms with E-state index in [-0.39, 0.29) is 5.91 Å². The van der Waals surface area contributed by atoms with E-state index in [0.29, 0.717) is 35.8 Å². The molecule has 0 aromatic heterocycles. The summed E-state index contributed by atoms with van der Waals surface area (Å²) in [6, 6.07) is 13.6. The van der Waals surface area contributed by atoms with Gasteiger partial charge >= 0.3 is 5.97 Å². The van der Waals surface area contributed by atoms with E-state index < -0.39 is 12.0 Å². The highest BCUT2D eigenvalue weighted by Gasteiger charge is 2.31. The quantitative estimate of drug-likeness (QED) is 0.328. The van der Waals surface area contributed by atoms with Crippen molar-refractivity contribution in [2.24, 2.45) is 5.92 Å². The predicted molar refractivity (Wildman–Crippen MR) is 159 cm³/mol. The average Bonchev–Trinajstić information content (AvgIpc) is 3.28. The number of rotatable bonds is 12. The van der Waals surface area contributed by atoms with Crippen molar-refractivity contribution in [1.29, 1.82) is 0 Å². The lowest BCUT2D eigenvalue weighted by Crippen LogP contribution is -2.41. The number of ether oxygens (including phenoxy) is 1. The monoisotopic (exact) mass is 552 g/mol. The molecule has 1 amide bonds. The van der Waals surface area contributed by atoms with E-state index in [1.54, 1.807) is 11.8 Å². The topological polar surface area (TPSA) is 78.9 Å². The van der Waals surface area contributed by atoms with Gasteiger partial charge in [0.15, 0.2) is 0 Å². The lowest BCUT2D eigenvalue weighted by Gasteiger charge is -2.28. The van der Waals surface area contributed by atoms with E-state index in [0.717, 1.165) is 48.4 Å². The first kappa shape index (κ1) is 29.6. The van der Waals surface area contributed by atoms with Crippen molar-refractivity contribution in [3.05, 3.63) is 59.2 Å². The van der Waals surface area contributed by atoms with Crippen molar-refractivity contribution >= 4 is 23.6 Å². The van der Waals surface area contributed by atoms with Crippen molar-refractivity contribution in [3.63, 3.8) is 0 Å². The summed E-state index contributed by atoms with van der Waals surface area (Å²) in [5.74, 6) is -0.0567. The van der Waals surface area contributed by atoms with E-state index in [1.165, 1.54) is 32.1 Å². The molecule has 2 aromatic carbocycles. The molecule has 0 unspecified atom stereocenters. The minimum atomic E-state index is -1.00. The number of carbonyl (C=O) groups excluding carboxylic acids is 1. The number of thioether (sulfide) groups is 1. The first-order valence-corrected chi connectivity index (χ1v) is 15.8. The molecule has 0 bridgehead atoms. The molecule has 1 saturated carbocycles. The fourth-order valence-corrected chi connectivity index (χ4v) is 6.50. The van der Waals surface area contributed by atoms with Crippen molar-refractivity contribution < 1.29 is 19.4 Å². The number of hydrogen-bond acceptors (Lipinski definition) is 5. The zero-order valence-corrected chi connectivity index (χ0v) is 24.5. The highest BCUT2D eigenvalue weighted by molar-refractivity contribution is 7.98. The SMILES string of the molecule is CSCC[C@H](NC(=O)c1ccc(CN2C[C@H](C)C[C@@H]2COC2CCCCC2)cc1-c1ccccc1C)C(=O)O. The molecule has 4 rings (SSSR count). The summed E-state index contributed by atoms with van der Waals surface area (Å²) in [6.45, 7) is 6.98. The molecule has 2 fully saturated rings. The van der Waals surface area contributed by atoms with Crippen LogP contribution < -0.4 is 5.32 Å². The second-order valence-electron chi connectivity index (χ2n) is 11.4. The smallest absolute Gasteiger partial charge is 0.326 e. The van der Waals surface area contributed by atoms with Crippen molar-refractivity contribution in [1.82, 2.24) is 10.2 Å². The Morgan fingerprint density at radius 2 is 1.90 bits per heavy atom. The zero-order valence-electron chi connectivity index (χ0n) is 23.7. The van der Waals surface area contributed by atoms with Gasteiger partial charge in [-0.2, -0.15) is 11.8 Å². The number of likely N-dealkylation sites (tertiary alicyclic amines) is 1. The number of hydrogen-bond donors (Lipinski definition) is 2. The summed E-state index contributed by atoms with van der Waals surface area (Å²) in [4.78, 5) is 27.7. The Morgan fingerprint density at radius 1 is 1.13 bits per heavy atom. The molecule has 1 heterocycles. The number of benzene rings is 2. The maximum Gasteiger partial charge on any atom is 0.326 e. The summed E-state index contributed by atoms with van der Waals surface area (Å²) >= 11 is 1.57. The zero-order chi connectivity index (χ0) is 27.8. The van der Waals surface area contributed by atoms with Crippen LogP contribution in [0.15, 0.2) is 42.5 Å². The molecule has 0 radical (unpaired) electrons. The Morgan fingerprint density at radius 3 is 2.62 bits per heavy atom. The summed E-state index contributed by atoms with van der Waals surface area (Å²) in [6.07, 6.45) is 10.1. The Bertz CT molecular complexity index is 1120. The van der Waals surface area contributed by atoms with Gasteiger partial charge in [-0.05, 0) is 84.9 Å². The normalized spacial score (nSPS) is 21.1. The van der Waals surface area contributed by atoms with Gasteiger partial charge in [0.2, 0.25) is 0 Å². The van der Waals surface area contributed by atoms with Gasteiger partial charge in [0.25, 0.3) is 5.91 Å². The van der Waals surface area contributed by atoms with Crippen molar-refractivity contribution in [3.8, 4) is 11.1 Å². The summed E-state index contributed by atoms with van der Waals surface area (Å²) < 4.78 is 6.38. The Balaban J connectivity index is 1.55. The van der Waals surface area contributed by atoms with Gasteiger partial charge in [0.05, 0.1) is 12.7 Å². The van der Waals surface area contributed by atoms with E-state index in [9.17, 15) is 14.7 Å². The fraction of sp³-hybridized carbons (Fsp3) is 0.562. The molecule has 7 heteroatoms. The van der Waals surface area contributed by atoms with Crippen LogP contribution in [0, 0.1) is 12.8 Å². The standard InChI is InChI=1S/C32H44N2O4S/c1-22-17-25(21-38-26-10-5-4-6-11-26)34(19-22)20-24-13-14-28(29(18-24)27-12-8-7-9-23(27)2)31(35)33-30(32(36)37)15-16-39-3/h7-9,12-14,18,22,25-26,30H,4-6,10-11,15-17,19-21H2,1-3H3,(H,33,35)(H,36,37)/t22-,25-,30+/m1/s1. The molecule has 1 saturated heterocycles. The molecule has 2 aliphatic rings. The Labute approximate surface area is 237 Å². The molecular formula is C32H44N2O4S. The highest BCUT2D eigenvalue weighted by atomic mass is 32.2. The molecule has 1 aliphatic carbocycles. The van der Waals surface area contributed by atoms with Crippen LogP contribution in [0.25, 0.3) is 11.1 Å². The molecule has 1 aliphatic heterocycles. The summed E-state index contributed by atoms with van der Waals surface area (Å²) in [7, 11) is 0. The van der Waals surface area contributed by atoms with E-state index in [4.69, 9.17) is 4.74 Å². The van der Waals surface area contributed by atoms with Crippen molar-refractivity contribution in [2.75, 3.05) is 25.2 Å². The summed E-state index contributed by atoms with van der Waals surface area (Å²) in [5.41, 5.74) is 4.58. The van der Waals surface area contributed by atoms with Crippen LogP contribution in [-0.2, 0) is 16.1 Å². The first-order chi connectivity index (χ1) is 18.9. The second-order valence-corrected chi connectivity index (χ2v) is 12.3. The van der Waals surface area contributed by atoms with Crippen LogP contribution >= 0.6 is 11.8 Å². The third kappa shape index (κ3) is 8.09. The third-order valence-electron chi connectivity index (χ3n) is 8.18. The molecule has 2 N–H and O–H groups in total. The maximum atomic E-state index is 13.4. The molecule has 212 valence electrons. The van der Waals surface area contributed by atoms with Gasteiger partial charge in [0.1, 0.15) is 6.04 Å². The van der Waals surface area contributed by atoms with E-state index >= 15 is 0 Å². The Hall–Kier alpha value is -2.35. The van der Waals surface area contributed by atoms with Crippen LogP contribution in [0.1, 0.15) is 73.4 Å². The van der Waals surface area contributed by atoms with Gasteiger partial charge in [-0.25, -0.2) is 4.79 Å². The molecule has 6 nitrogen and oxygen atoms in total. The van der Waals surface area contributed by atoms with Gasteiger partial charge in [-0.15, -0.1) is 0 Å². The van der Waals surface area contributed by atoms with E-state index in [2.05, 4.69) is 23.2 Å². The maximum absolute atomic E-state index is 13.4. The number of carboxylic acids is 1. The van der Waals surface area contributed by atoms with Crippen LogP contribution in [0.2, 0.25) is 0 Å². The number of amides is 1. The third-order valence-corrected chi connectivity index (χ3v) is 8.82. The molecule has 0 spiro atoms. The number of nitrogens with one attached hydrogen (secondary N) is 1. The first-order valence-electron chi connectivity index (χ1n) is 14.4. The number of aryl methyl sites for hydroxylation is 1. The van der Waals surface area contributed by atoms with Crippen LogP contribution in [0.3, 0.4) is 0 Å². The van der Waals surface area contributed by atoms with Crippen LogP contribution in [0.4, 0.5) is 0 Å². The number of carbonyl (C=O) groups is 2. The number of nitrogens with zero attached hydrogens (tertiary/aromatic N) is 1. The number of aliphatic carboxylic acids is 1. The summed E-state index contributed by atoms with van der Waals surface area (Å²) in [5, 5.41) is 12.4. The van der Waals surface area contributed by atoms with E-state index in [1.807, 2.05) is 49.6 Å². The highest BCUT2D eigenvalue weighted by Crippen LogP contribution is 2.31. The average molecular weight is 553 g/mol. The van der Waals surface area contributed by atoms with Gasteiger partial charge in [0, 0.05) is 24.7 Å². The number of carboxylic acid groups (broad SMARTS) is 1. The molecular weight excluding hydrogens is 508 g/mol. The second kappa shape index (κ2) is 14.3. The molecule has 2 aromatic rings. The largest absolute Gasteiger partial charge is 0.480 e. The predicted octanol–water partition coefficient (Wildman–Crippen LogP) is 6.16. The lowest BCUT2D eigenvalue weighted by molar-refractivity contribution is -0.139. The minimum Gasteiger partial charge on any atom is -0.480 e. The Kier molecular flexibility index (Phi) is 10.9. The van der Waals surface area contributed by atoms with Crippen molar-refractivity contribution in [2.45, 2.75) is 83.5 Å². The van der Waals surface area contributed by atoms with Gasteiger partial charge < -0.3 is 15.2 Å². The van der Waals surface area contributed by atoms with Gasteiger partial charge in [-0.3, -0.25) is 9.69 Å². The molecule has 39 heavy (non-hydrogen) atoms. The van der Waals surface area contributed by atoms with Crippen LogP contribution in [0.5, 0.6) is 0 Å². The fourth-order valence-electron chi connectivity index (χ4n) is 6.03. The van der Waals surface area contributed by atoms with Gasteiger partial charge in [-0.1, -0.05) is 56.5 Å². The van der Waals surface area contributed by atoms with Crippen LogP contribution in [-0.4, -0.2) is 65.2 Å².